The molecule has 0 aliphatic heterocycles. The Hall–Kier alpha value is -1.55. The predicted molar refractivity (Wildman–Crippen MR) is 77.3 cm³/mol. The third-order valence-corrected chi connectivity index (χ3v) is 2.98. The van der Waals surface area contributed by atoms with Gasteiger partial charge in [0.2, 0.25) is 11.8 Å². The van der Waals surface area contributed by atoms with Crippen molar-refractivity contribution in [2.75, 3.05) is 11.9 Å². The number of hydrogen-bond acceptors (Lipinski definition) is 2. The molecule has 2 N–H and O–H groups in total. The van der Waals surface area contributed by atoms with E-state index in [9.17, 15) is 9.59 Å². The van der Waals surface area contributed by atoms with Crippen molar-refractivity contribution >= 4 is 29.1 Å². The van der Waals surface area contributed by atoms with Crippen LogP contribution in [0, 0.1) is 12.8 Å². The Morgan fingerprint density at radius 3 is 2.58 bits per heavy atom. The number of benzene rings is 1. The molecule has 104 valence electrons. The summed E-state index contributed by atoms with van der Waals surface area (Å²) in [5.74, 6) is -0.250. The molecule has 0 radical (unpaired) electrons. The fraction of sp³-hybridized carbons (Fsp3) is 0.429. The van der Waals surface area contributed by atoms with E-state index in [2.05, 4.69) is 10.6 Å². The molecule has 1 aromatic carbocycles. The summed E-state index contributed by atoms with van der Waals surface area (Å²) < 4.78 is 0. The Balaban J connectivity index is 2.51. The monoisotopic (exact) mass is 282 g/mol. The van der Waals surface area contributed by atoms with Gasteiger partial charge in [0.15, 0.2) is 0 Å². The zero-order valence-corrected chi connectivity index (χ0v) is 12.2. The first kappa shape index (κ1) is 15.5. The summed E-state index contributed by atoms with van der Waals surface area (Å²) in [7, 11) is 0. The van der Waals surface area contributed by atoms with Crippen LogP contribution >= 0.6 is 11.6 Å². The Bertz CT molecular complexity index is 473. The molecule has 19 heavy (non-hydrogen) atoms. The lowest BCUT2D eigenvalue weighted by Crippen LogP contribution is -2.30. The van der Waals surface area contributed by atoms with Gasteiger partial charge in [0.25, 0.3) is 0 Å². The molecule has 5 heteroatoms. The van der Waals surface area contributed by atoms with Crippen LogP contribution in [-0.4, -0.2) is 18.4 Å². The van der Waals surface area contributed by atoms with E-state index >= 15 is 0 Å². The number of nitrogens with one attached hydrogen (secondary N) is 2. The zero-order chi connectivity index (χ0) is 14.4. The van der Waals surface area contributed by atoms with Crippen molar-refractivity contribution < 1.29 is 9.59 Å². The second-order valence-electron chi connectivity index (χ2n) is 4.84. The molecule has 0 fully saturated rings. The van der Waals surface area contributed by atoms with Gasteiger partial charge >= 0.3 is 0 Å². The van der Waals surface area contributed by atoms with E-state index in [1.807, 2.05) is 20.8 Å². The Labute approximate surface area is 118 Å². The van der Waals surface area contributed by atoms with Crippen molar-refractivity contribution in [3.8, 4) is 0 Å². The average Bonchev–Trinajstić information content (AvgIpc) is 2.32. The van der Waals surface area contributed by atoms with Gasteiger partial charge in [0, 0.05) is 17.3 Å². The van der Waals surface area contributed by atoms with E-state index in [0.717, 1.165) is 5.56 Å². The molecule has 2 amide bonds. The highest BCUT2D eigenvalue weighted by Gasteiger charge is 2.11. The van der Waals surface area contributed by atoms with E-state index in [-0.39, 0.29) is 18.2 Å². The van der Waals surface area contributed by atoms with Crippen LogP contribution in [0.25, 0.3) is 0 Å². The van der Waals surface area contributed by atoms with Crippen LogP contribution < -0.4 is 10.6 Å². The van der Waals surface area contributed by atoms with E-state index in [0.29, 0.717) is 23.2 Å². The van der Waals surface area contributed by atoms with Gasteiger partial charge in [0.1, 0.15) is 6.42 Å². The number of carbonyl (C=O) groups excluding carboxylic acids is 2. The van der Waals surface area contributed by atoms with Gasteiger partial charge in [-0.2, -0.15) is 0 Å². The number of halogens is 1. The fourth-order valence-electron chi connectivity index (χ4n) is 1.46. The van der Waals surface area contributed by atoms with Crippen LogP contribution in [0.3, 0.4) is 0 Å². The maximum atomic E-state index is 11.7. The van der Waals surface area contributed by atoms with E-state index < -0.39 is 0 Å². The van der Waals surface area contributed by atoms with E-state index in [1.54, 1.807) is 18.2 Å². The van der Waals surface area contributed by atoms with Crippen molar-refractivity contribution in [2.24, 2.45) is 5.92 Å². The maximum absolute atomic E-state index is 11.7. The predicted octanol–water partition coefficient (Wildman–Crippen LogP) is 2.75. The molecule has 0 spiro atoms. The largest absolute Gasteiger partial charge is 0.355 e. The lowest BCUT2D eigenvalue weighted by atomic mass is 10.2. The fourth-order valence-corrected chi connectivity index (χ4v) is 1.64. The molecule has 0 aliphatic carbocycles. The second kappa shape index (κ2) is 7.14. The highest BCUT2D eigenvalue weighted by molar-refractivity contribution is 6.31. The Kier molecular flexibility index (Phi) is 5.83. The van der Waals surface area contributed by atoms with Gasteiger partial charge in [-0.1, -0.05) is 31.5 Å². The Morgan fingerprint density at radius 1 is 1.26 bits per heavy atom. The van der Waals surface area contributed by atoms with Crippen molar-refractivity contribution in [3.63, 3.8) is 0 Å². The van der Waals surface area contributed by atoms with E-state index in [1.165, 1.54) is 0 Å². The van der Waals surface area contributed by atoms with Crippen molar-refractivity contribution in [3.05, 3.63) is 28.8 Å². The molecule has 0 aromatic heterocycles. The van der Waals surface area contributed by atoms with Crippen molar-refractivity contribution in [1.82, 2.24) is 5.32 Å². The lowest BCUT2D eigenvalue weighted by molar-refractivity contribution is -0.126. The highest BCUT2D eigenvalue weighted by atomic mass is 35.5. The number of rotatable bonds is 5. The van der Waals surface area contributed by atoms with Gasteiger partial charge in [0.05, 0.1) is 0 Å². The molecule has 1 aromatic rings. The molecular formula is C14H19ClN2O2. The van der Waals surface area contributed by atoms with Gasteiger partial charge < -0.3 is 10.6 Å². The van der Waals surface area contributed by atoms with Crippen LogP contribution in [0.5, 0.6) is 0 Å². The van der Waals surface area contributed by atoms with Crippen LogP contribution in [0.15, 0.2) is 18.2 Å². The summed E-state index contributed by atoms with van der Waals surface area (Å²) >= 11 is 5.96. The summed E-state index contributed by atoms with van der Waals surface area (Å²) in [4.78, 5) is 23.2. The molecule has 0 atom stereocenters. The number of hydrogen-bond donors (Lipinski definition) is 2. The van der Waals surface area contributed by atoms with Crippen molar-refractivity contribution in [2.45, 2.75) is 27.2 Å². The van der Waals surface area contributed by atoms with Gasteiger partial charge in [-0.3, -0.25) is 9.59 Å². The summed E-state index contributed by atoms with van der Waals surface area (Å²) in [5.41, 5.74) is 1.43. The van der Waals surface area contributed by atoms with Gasteiger partial charge in [-0.05, 0) is 30.5 Å². The molecule has 4 nitrogen and oxygen atoms in total. The second-order valence-corrected chi connectivity index (χ2v) is 5.24. The third kappa shape index (κ3) is 5.30. The number of amides is 2. The molecule has 0 saturated heterocycles. The van der Waals surface area contributed by atoms with Gasteiger partial charge in [-0.15, -0.1) is 0 Å². The standard InChI is InChI=1S/C14H19ClN2O2/c1-9(2)8-16-13(18)7-14(19)17-12-6-4-5-11(15)10(12)3/h4-6,9H,7-8H2,1-3H3,(H,16,18)(H,17,19). The average molecular weight is 283 g/mol. The maximum Gasteiger partial charge on any atom is 0.233 e. The van der Waals surface area contributed by atoms with Crippen LogP contribution in [0.2, 0.25) is 5.02 Å². The summed E-state index contributed by atoms with van der Waals surface area (Å²) in [5, 5.41) is 5.97. The molecule has 0 bridgehead atoms. The molecular weight excluding hydrogens is 264 g/mol. The van der Waals surface area contributed by atoms with Gasteiger partial charge in [-0.25, -0.2) is 0 Å². The zero-order valence-electron chi connectivity index (χ0n) is 11.4. The van der Waals surface area contributed by atoms with Crippen molar-refractivity contribution in [1.29, 1.82) is 0 Å². The minimum Gasteiger partial charge on any atom is -0.355 e. The van der Waals surface area contributed by atoms with Crippen LogP contribution in [-0.2, 0) is 9.59 Å². The molecule has 0 heterocycles. The first-order valence-corrected chi connectivity index (χ1v) is 6.59. The van der Waals surface area contributed by atoms with E-state index in [4.69, 9.17) is 11.6 Å². The normalized spacial score (nSPS) is 10.4. The Morgan fingerprint density at radius 2 is 1.95 bits per heavy atom. The first-order valence-electron chi connectivity index (χ1n) is 6.21. The third-order valence-electron chi connectivity index (χ3n) is 2.57. The SMILES string of the molecule is Cc1c(Cl)cccc1NC(=O)CC(=O)NCC(C)C. The number of anilines is 1. The van der Waals surface area contributed by atoms with Crippen LogP contribution in [0.4, 0.5) is 5.69 Å². The quantitative estimate of drug-likeness (QED) is 0.816. The first-order chi connectivity index (χ1) is 8.90. The minimum absolute atomic E-state index is 0.182. The molecule has 0 aliphatic rings. The minimum atomic E-state index is -0.341. The smallest absolute Gasteiger partial charge is 0.233 e. The summed E-state index contributed by atoms with van der Waals surface area (Å²) in [6.07, 6.45) is -0.182. The molecule has 0 saturated carbocycles. The lowest BCUT2D eigenvalue weighted by Gasteiger charge is -2.10. The number of carbonyl (C=O) groups is 2. The topological polar surface area (TPSA) is 58.2 Å². The molecule has 0 unspecified atom stereocenters. The highest BCUT2D eigenvalue weighted by Crippen LogP contribution is 2.22. The van der Waals surface area contributed by atoms with Crippen LogP contribution in [0.1, 0.15) is 25.8 Å². The molecule has 1 rings (SSSR count). The summed E-state index contributed by atoms with van der Waals surface area (Å²) in [6, 6.07) is 5.26. The summed E-state index contributed by atoms with van der Waals surface area (Å²) in [6.45, 7) is 6.38.